The standard InChI is InChI=1S/C9H9N3O/c1-2-3-6-13-9-11-5-4-8(7-10)12-9/h2-5H,6H2,1H3/b3-2+. The van der Waals surface area contributed by atoms with Crippen molar-refractivity contribution in [1.82, 2.24) is 9.97 Å². The average molecular weight is 175 g/mol. The first-order chi connectivity index (χ1) is 6.36. The molecule has 0 bridgehead atoms. The van der Waals surface area contributed by atoms with Crippen LogP contribution in [0.15, 0.2) is 24.4 Å². The molecule has 0 aliphatic heterocycles. The van der Waals surface area contributed by atoms with Crippen LogP contribution in [-0.2, 0) is 0 Å². The SMILES string of the molecule is C/C=C/COc1nccc(C#N)n1. The second kappa shape index (κ2) is 4.88. The minimum absolute atomic E-state index is 0.233. The lowest BCUT2D eigenvalue weighted by Gasteiger charge is -1.98. The molecule has 0 fully saturated rings. The third-order valence-electron chi connectivity index (χ3n) is 1.29. The van der Waals surface area contributed by atoms with E-state index in [1.807, 2.05) is 25.1 Å². The van der Waals surface area contributed by atoms with E-state index >= 15 is 0 Å². The molecule has 0 spiro atoms. The Bertz CT molecular complexity index is 341. The number of allylic oxidation sites excluding steroid dienone is 1. The second-order valence-corrected chi connectivity index (χ2v) is 2.22. The molecule has 1 aromatic heterocycles. The molecule has 0 aromatic carbocycles. The molecule has 4 nitrogen and oxygen atoms in total. The fraction of sp³-hybridized carbons (Fsp3) is 0.222. The van der Waals surface area contributed by atoms with Gasteiger partial charge in [0.15, 0.2) is 0 Å². The first kappa shape index (κ1) is 9.20. The Morgan fingerprint density at radius 2 is 2.54 bits per heavy atom. The lowest BCUT2D eigenvalue weighted by atomic mass is 10.4. The van der Waals surface area contributed by atoms with Gasteiger partial charge in [0.1, 0.15) is 18.4 Å². The molecular weight excluding hydrogens is 166 g/mol. The van der Waals surface area contributed by atoms with Gasteiger partial charge < -0.3 is 4.74 Å². The van der Waals surface area contributed by atoms with Crippen LogP contribution in [0.5, 0.6) is 6.01 Å². The molecular formula is C9H9N3O. The minimum atomic E-state index is 0.233. The Labute approximate surface area is 76.5 Å². The fourth-order valence-corrected chi connectivity index (χ4v) is 0.691. The number of nitriles is 1. The van der Waals surface area contributed by atoms with Crippen molar-refractivity contribution < 1.29 is 4.74 Å². The van der Waals surface area contributed by atoms with Gasteiger partial charge in [0, 0.05) is 6.20 Å². The summed E-state index contributed by atoms with van der Waals surface area (Å²) < 4.78 is 5.13. The number of nitrogens with zero attached hydrogens (tertiary/aromatic N) is 3. The smallest absolute Gasteiger partial charge is 0.317 e. The zero-order valence-electron chi connectivity index (χ0n) is 7.27. The normalized spacial score (nSPS) is 9.85. The van der Waals surface area contributed by atoms with Gasteiger partial charge in [0.2, 0.25) is 0 Å². The largest absolute Gasteiger partial charge is 0.459 e. The highest BCUT2D eigenvalue weighted by Crippen LogP contribution is 2.01. The van der Waals surface area contributed by atoms with Gasteiger partial charge in [-0.15, -0.1) is 0 Å². The van der Waals surface area contributed by atoms with Crippen LogP contribution in [0.3, 0.4) is 0 Å². The summed E-state index contributed by atoms with van der Waals surface area (Å²) >= 11 is 0. The summed E-state index contributed by atoms with van der Waals surface area (Å²) in [4.78, 5) is 7.68. The molecule has 0 radical (unpaired) electrons. The van der Waals surface area contributed by atoms with Crippen molar-refractivity contribution >= 4 is 0 Å². The molecule has 0 saturated heterocycles. The van der Waals surface area contributed by atoms with Crippen molar-refractivity contribution in [2.75, 3.05) is 6.61 Å². The molecule has 66 valence electrons. The van der Waals surface area contributed by atoms with Crippen LogP contribution >= 0.6 is 0 Å². The molecule has 0 N–H and O–H groups in total. The predicted molar refractivity (Wildman–Crippen MR) is 47.1 cm³/mol. The van der Waals surface area contributed by atoms with E-state index in [4.69, 9.17) is 10.00 Å². The summed E-state index contributed by atoms with van der Waals surface area (Å²) in [6, 6.07) is 3.67. The van der Waals surface area contributed by atoms with Gasteiger partial charge in [-0.3, -0.25) is 0 Å². The van der Waals surface area contributed by atoms with E-state index in [1.54, 1.807) is 0 Å². The highest BCUT2D eigenvalue weighted by atomic mass is 16.5. The van der Waals surface area contributed by atoms with Crippen molar-refractivity contribution in [2.45, 2.75) is 6.92 Å². The number of ether oxygens (including phenoxy) is 1. The third-order valence-corrected chi connectivity index (χ3v) is 1.29. The lowest BCUT2D eigenvalue weighted by molar-refractivity contribution is 0.332. The first-order valence-corrected chi connectivity index (χ1v) is 3.84. The highest BCUT2D eigenvalue weighted by Gasteiger charge is 1.96. The number of hydrogen-bond donors (Lipinski definition) is 0. The van der Waals surface area contributed by atoms with Crippen molar-refractivity contribution in [3.63, 3.8) is 0 Å². The summed E-state index contributed by atoms with van der Waals surface area (Å²) in [6.07, 6.45) is 5.20. The van der Waals surface area contributed by atoms with Crippen molar-refractivity contribution in [2.24, 2.45) is 0 Å². The molecule has 0 aliphatic rings. The van der Waals surface area contributed by atoms with Gasteiger partial charge in [0.25, 0.3) is 0 Å². The Hall–Kier alpha value is -1.89. The third kappa shape index (κ3) is 2.91. The van der Waals surface area contributed by atoms with Gasteiger partial charge in [-0.2, -0.15) is 10.2 Å². The summed E-state index contributed by atoms with van der Waals surface area (Å²) in [5.41, 5.74) is 0.311. The molecule has 13 heavy (non-hydrogen) atoms. The molecule has 1 heterocycles. The maximum atomic E-state index is 8.52. The summed E-state index contributed by atoms with van der Waals surface area (Å²) in [5.74, 6) is 0. The molecule has 0 atom stereocenters. The van der Waals surface area contributed by atoms with Crippen LogP contribution in [0.4, 0.5) is 0 Å². The summed E-state index contributed by atoms with van der Waals surface area (Å²) in [5, 5.41) is 8.52. The van der Waals surface area contributed by atoms with E-state index in [0.29, 0.717) is 12.3 Å². The predicted octanol–water partition coefficient (Wildman–Crippen LogP) is 1.30. The van der Waals surface area contributed by atoms with Crippen molar-refractivity contribution in [3.8, 4) is 12.1 Å². The monoisotopic (exact) mass is 175 g/mol. The Balaban J connectivity index is 2.62. The quantitative estimate of drug-likeness (QED) is 0.650. The van der Waals surface area contributed by atoms with Gasteiger partial charge >= 0.3 is 6.01 Å². The Morgan fingerprint density at radius 3 is 3.23 bits per heavy atom. The van der Waals surface area contributed by atoms with Crippen LogP contribution in [0.2, 0.25) is 0 Å². The van der Waals surface area contributed by atoms with Crippen LogP contribution in [0.25, 0.3) is 0 Å². The Kier molecular flexibility index (Phi) is 3.45. The molecule has 1 aromatic rings. The van der Waals surface area contributed by atoms with E-state index in [9.17, 15) is 0 Å². The molecule has 0 saturated carbocycles. The lowest BCUT2D eigenvalue weighted by Crippen LogP contribution is -1.99. The molecule has 0 amide bonds. The second-order valence-electron chi connectivity index (χ2n) is 2.22. The van der Waals surface area contributed by atoms with Crippen LogP contribution in [0, 0.1) is 11.3 Å². The summed E-state index contributed by atoms with van der Waals surface area (Å²) in [7, 11) is 0. The van der Waals surface area contributed by atoms with E-state index in [2.05, 4.69) is 9.97 Å². The summed E-state index contributed by atoms with van der Waals surface area (Å²) in [6.45, 7) is 2.32. The van der Waals surface area contributed by atoms with Gasteiger partial charge in [0.05, 0.1) is 0 Å². The highest BCUT2D eigenvalue weighted by molar-refractivity contribution is 5.19. The van der Waals surface area contributed by atoms with Gasteiger partial charge in [-0.05, 0) is 13.0 Å². The van der Waals surface area contributed by atoms with Crippen molar-refractivity contribution in [3.05, 3.63) is 30.1 Å². The van der Waals surface area contributed by atoms with E-state index in [-0.39, 0.29) is 6.01 Å². The minimum Gasteiger partial charge on any atom is -0.459 e. The molecule has 1 rings (SSSR count). The molecule has 0 aliphatic carbocycles. The maximum absolute atomic E-state index is 8.52. The molecule has 4 heteroatoms. The molecule has 0 unspecified atom stereocenters. The maximum Gasteiger partial charge on any atom is 0.317 e. The van der Waals surface area contributed by atoms with E-state index < -0.39 is 0 Å². The topological polar surface area (TPSA) is 58.8 Å². The average Bonchev–Trinajstić information content (AvgIpc) is 2.19. The van der Waals surface area contributed by atoms with Gasteiger partial charge in [-0.25, -0.2) is 4.98 Å². The van der Waals surface area contributed by atoms with Crippen molar-refractivity contribution in [1.29, 1.82) is 5.26 Å². The fourth-order valence-electron chi connectivity index (χ4n) is 0.691. The first-order valence-electron chi connectivity index (χ1n) is 3.84. The van der Waals surface area contributed by atoms with E-state index in [1.165, 1.54) is 12.3 Å². The number of rotatable bonds is 3. The zero-order chi connectivity index (χ0) is 9.52. The van der Waals surface area contributed by atoms with E-state index in [0.717, 1.165) is 0 Å². The van der Waals surface area contributed by atoms with Crippen LogP contribution < -0.4 is 4.74 Å². The zero-order valence-corrected chi connectivity index (χ0v) is 7.27. The van der Waals surface area contributed by atoms with Gasteiger partial charge in [-0.1, -0.05) is 12.2 Å². The number of aromatic nitrogens is 2. The van der Waals surface area contributed by atoms with Crippen LogP contribution in [-0.4, -0.2) is 16.6 Å². The Morgan fingerprint density at radius 1 is 1.69 bits per heavy atom. The number of hydrogen-bond acceptors (Lipinski definition) is 4. The van der Waals surface area contributed by atoms with Crippen LogP contribution in [0.1, 0.15) is 12.6 Å².